The maximum atomic E-state index is 8.15. The number of benzene rings is 1. The van der Waals surface area contributed by atoms with Crippen molar-refractivity contribution in [2.45, 2.75) is 13.0 Å². The second kappa shape index (κ2) is 4.34. The van der Waals surface area contributed by atoms with Gasteiger partial charge in [-0.3, -0.25) is 5.41 Å². The molecule has 0 amide bonds. The lowest BCUT2D eigenvalue weighted by atomic mass is 10.1. The molecule has 86 valence electrons. The molecule has 1 aromatic heterocycles. The fraction of sp³-hybridized carbons (Fsp3) is 0.214. The zero-order chi connectivity index (χ0) is 11.7. The van der Waals surface area contributed by atoms with Crippen LogP contribution in [0, 0.1) is 5.41 Å². The first-order chi connectivity index (χ1) is 8.34. The van der Waals surface area contributed by atoms with E-state index in [1.807, 2.05) is 12.1 Å². The minimum Gasteiger partial charge on any atom is -0.352 e. The second-order valence-corrected chi connectivity index (χ2v) is 5.29. The van der Waals surface area contributed by atoms with E-state index >= 15 is 0 Å². The highest BCUT2D eigenvalue weighted by Gasteiger charge is 2.22. The summed E-state index contributed by atoms with van der Waals surface area (Å²) in [5.41, 5.74) is 2.38. The summed E-state index contributed by atoms with van der Waals surface area (Å²) in [7, 11) is 0. The molecule has 2 nitrogen and oxygen atoms in total. The standard InChI is InChI=1S/C14H14N2S/c15-14-13-6-2-1-4-11(13)10-16(14)8-7-12-5-3-9-17-12/h1-6,9,15H,7-8,10H2. The highest BCUT2D eigenvalue weighted by Crippen LogP contribution is 2.22. The molecule has 0 unspecified atom stereocenters. The van der Waals surface area contributed by atoms with Gasteiger partial charge in [0, 0.05) is 23.5 Å². The summed E-state index contributed by atoms with van der Waals surface area (Å²) in [6, 6.07) is 12.5. The Hall–Kier alpha value is -1.61. The highest BCUT2D eigenvalue weighted by atomic mass is 32.1. The summed E-state index contributed by atoms with van der Waals surface area (Å²) in [5, 5.41) is 10.3. The first-order valence-corrected chi connectivity index (χ1v) is 6.67. The number of fused-ring (bicyclic) bond motifs is 1. The Balaban J connectivity index is 1.70. The van der Waals surface area contributed by atoms with Gasteiger partial charge in [0.1, 0.15) is 5.84 Å². The molecule has 17 heavy (non-hydrogen) atoms. The molecule has 2 aromatic rings. The monoisotopic (exact) mass is 242 g/mol. The predicted molar refractivity (Wildman–Crippen MR) is 71.7 cm³/mol. The SMILES string of the molecule is N=C1c2ccccc2CN1CCc1cccs1. The molecule has 1 aliphatic heterocycles. The fourth-order valence-corrected chi connectivity index (χ4v) is 2.93. The van der Waals surface area contributed by atoms with Gasteiger partial charge in [0.05, 0.1) is 0 Å². The quantitative estimate of drug-likeness (QED) is 0.879. The van der Waals surface area contributed by atoms with Crippen LogP contribution in [0.4, 0.5) is 0 Å². The van der Waals surface area contributed by atoms with Crippen molar-refractivity contribution in [3.63, 3.8) is 0 Å². The number of amidine groups is 1. The van der Waals surface area contributed by atoms with Gasteiger partial charge in [-0.25, -0.2) is 0 Å². The summed E-state index contributed by atoms with van der Waals surface area (Å²) >= 11 is 1.79. The lowest BCUT2D eigenvalue weighted by Gasteiger charge is -2.17. The van der Waals surface area contributed by atoms with E-state index in [2.05, 4.69) is 34.5 Å². The van der Waals surface area contributed by atoms with Gasteiger partial charge in [0.25, 0.3) is 0 Å². The molecule has 0 aliphatic carbocycles. The molecule has 0 bridgehead atoms. The first-order valence-electron chi connectivity index (χ1n) is 5.79. The molecule has 0 spiro atoms. The van der Waals surface area contributed by atoms with E-state index < -0.39 is 0 Å². The Bertz CT molecular complexity index is 531. The van der Waals surface area contributed by atoms with Crippen molar-refractivity contribution in [1.82, 2.24) is 4.90 Å². The van der Waals surface area contributed by atoms with E-state index in [1.54, 1.807) is 11.3 Å². The van der Waals surface area contributed by atoms with Crippen molar-refractivity contribution >= 4 is 17.2 Å². The van der Waals surface area contributed by atoms with Crippen LogP contribution in [-0.2, 0) is 13.0 Å². The maximum Gasteiger partial charge on any atom is 0.128 e. The minimum absolute atomic E-state index is 0.678. The number of hydrogen-bond donors (Lipinski definition) is 1. The minimum atomic E-state index is 0.678. The summed E-state index contributed by atoms with van der Waals surface area (Å²) in [4.78, 5) is 3.55. The van der Waals surface area contributed by atoms with Crippen LogP contribution in [0.15, 0.2) is 41.8 Å². The molecule has 3 rings (SSSR count). The van der Waals surface area contributed by atoms with Gasteiger partial charge in [-0.1, -0.05) is 30.3 Å². The number of thiophene rings is 1. The van der Waals surface area contributed by atoms with Crippen molar-refractivity contribution in [2.75, 3.05) is 6.54 Å². The van der Waals surface area contributed by atoms with Gasteiger partial charge in [-0.2, -0.15) is 0 Å². The van der Waals surface area contributed by atoms with E-state index in [0.717, 1.165) is 25.1 Å². The molecule has 1 aliphatic rings. The average Bonchev–Trinajstić information content (AvgIpc) is 2.96. The van der Waals surface area contributed by atoms with Crippen LogP contribution in [0.25, 0.3) is 0 Å². The molecule has 0 radical (unpaired) electrons. The molecular formula is C14H14N2S. The van der Waals surface area contributed by atoms with Gasteiger partial charge in [-0.05, 0) is 23.4 Å². The number of rotatable bonds is 3. The van der Waals surface area contributed by atoms with E-state index in [0.29, 0.717) is 5.84 Å². The largest absolute Gasteiger partial charge is 0.352 e. The van der Waals surface area contributed by atoms with Crippen LogP contribution < -0.4 is 0 Å². The van der Waals surface area contributed by atoms with E-state index in [1.165, 1.54) is 10.4 Å². The summed E-state index contributed by atoms with van der Waals surface area (Å²) in [6.07, 6.45) is 1.04. The van der Waals surface area contributed by atoms with E-state index in [4.69, 9.17) is 5.41 Å². The van der Waals surface area contributed by atoms with Crippen LogP contribution in [0.2, 0.25) is 0 Å². The number of nitrogens with one attached hydrogen (secondary N) is 1. The van der Waals surface area contributed by atoms with Gasteiger partial charge >= 0.3 is 0 Å². The Morgan fingerprint density at radius 3 is 2.82 bits per heavy atom. The highest BCUT2D eigenvalue weighted by molar-refractivity contribution is 7.09. The van der Waals surface area contributed by atoms with Gasteiger partial charge in [0.2, 0.25) is 0 Å². The van der Waals surface area contributed by atoms with E-state index in [-0.39, 0.29) is 0 Å². The van der Waals surface area contributed by atoms with Crippen molar-refractivity contribution < 1.29 is 0 Å². The van der Waals surface area contributed by atoms with Gasteiger partial charge < -0.3 is 4.90 Å². The molecule has 0 fully saturated rings. The van der Waals surface area contributed by atoms with Crippen molar-refractivity contribution in [2.24, 2.45) is 0 Å². The first kappa shape index (κ1) is 10.5. The lowest BCUT2D eigenvalue weighted by Crippen LogP contribution is -2.26. The number of hydrogen-bond acceptors (Lipinski definition) is 2. The maximum absolute atomic E-state index is 8.15. The van der Waals surface area contributed by atoms with Crippen LogP contribution in [0.3, 0.4) is 0 Å². The van der Waals surface area contributed by atoms with Gasteiger partial charge in [-0.15, -0.1) is 11.3 Å². The normalized spacial score (nSPS) is 14.1. The van der Waals surface area contributed by atoms with Gasteiger partial charge in [0.15, 0.2) is 0 Å². The molecular weight excluding hydrogens is 228 g/mol. The Labute approximate surface area is 105 Å². The van der Waals surface area contributed by atoms with Crippen LogP contribution in [0.5, 0.6) is 0 Å². The van der Waals surface area contributed by atoms with Crippen LogP contribution in [0.1, 0.15) is 16.0 Å². The summed E-state index contributed by atoms with van der Waals surface area (Å²) in [6.45, 7) is 1.83. The average molecular weight is 242 g/mol. The molecule has 1 N–H and O–H groups in total. The van der Waals surface area contributed by atoms with E-state index in [9.17, 15) is 0 Å². The molecule has 0 saturated carbocycles. The summed E-state index contributed by atoms with van der Waals surface area (Å²) in [5.74, 6) is 0.678. The predicted octanol–water partition coefficient (Wildman–Crippen LogP) is 3.13. The Morgan fingerprint density at radius 1 is 1.18 bits per heavy atom. The lowest BCUT2D eigenvalue weighted by molar-refractivity contribution is 0.433. The Morgan fingerprint density at radius 2 is 2.06 bits per heavy atom. The third-order valence-electron chi connectivity index (χ3n) is 3.16. The molecule has 3 heteroatoms. The smallest absolute Gasteiger partial charge is 0.128 e. The topological polar surface area (TPSA) is 27.1 Å². The molecule has 2 heterocycles. The van der Waals surface area contributed by atoms with Crippen molar-refractivity contribution in [3.05, 3.63) is 57.8 Å². The van der Waals surface area contributed by atoms with Crippen molar-refractivity contribution in [3.8, 4) is 0 Å². The van der Waals surface area contributed by atoms with Crippen LogP contribution >= 0.6 is 11.3 Å². The van der Waals surface area contributed by atoms with Crippen LogP contribution in [-0.4, -0.2) is 17.3 Å². The fourth-order valence-electron chi connectivity index (χ4n) is 2.24. The zero-order valence-corrected chi connectivity index (χ0v) is 10.3. The van der Waals surface area contributed by atoms with Crippen molar-refractivity contribution in [1.29, 1.82) is 5.41 Å². The summed E-state index contributed by atoms with van der Waals surface area (Å²) < 4.78 is 0. The molecule has 1 aromatic carbocycles. The third-order valence-corrected chi connectivity index (χ3v) is 4.09. The molecule has 0 saturated heterocycles. The third kappa shape index (κ3) is 1.98. The molecule has 0 atom stereocenters. The second-order valence-electron chi connectivity index (χ2n) is 4.26. The number of nitrogens with zero attached hydrogens (tertiary/aromatic N) is 1. The Kier molecular flexibility index (Phi) is 2.69. The zero-order valence-electron chi connectivity index (χ0n) is 9.52.